The Balaban J connectivity index is 2.18. The van der Waals surface area contributed by atoms with Crippen molar-refractivity contribution in [3.05, 3.63) is 70.3 Å². The van der Waals surface area contributed by atoms with Crippen LogP contribution in [0.2, 0.25) is 0 Å². The molecule has 1 unspecified atom stereocenters. The van der Waals surface area contributed by atoms with Crippen LogP contribution in [-0.2, 0) is 4.79 Å². The Bertz CT molecular complexity index is 626. The number of carboxylic acid groups (broad SMARTS) is 1. The van der Waals surface area contributed by atoms with E-state index in [0.717, 1.165) is 5.56 Å². The molecule has 6 nitrogen and oxygen atoms in total. The van der Waals surface area contributed by atoms with Crippen molar-refractivity contribution in [2.45, 2.75) is 12.5 Å². The van der Waals surface area contributed by atoms with Gasteiger partial charge in [-0.1, -0.05) is 30.3 Å². The summed E-state index contributed by atoms with van der Waals surface area (Å²) in [6, 6.07) is 14.7. The van der Waals surface area contributed by atoms with Gasteiger partial charge < -0.3 is 10.4 Å². The smallest absolute Gasteiger partial charge is 0.305 e. The molecule has 2 aromatic carbocycles. The fourth-order valence-corrected chi connectivity index (χ4v) is 1.99. The van der Waals surface area contributed by atoms with E-state index in [2.05, 4.69) is 5.32 Å². The zero-order chi connectivity index (χ0) is 15.2. The molecule has 0 fully saturated rings. The Labute approximate surface area is 121 Å². The number of benzene rings is 2. The fourth-order valence-electron chi connectivity index (χ4n) is 1.99. The second-order valence-electron chi connectivity index (χ2n) is 4.51. The van der Waals surface area contributed by atoms with Crippen LogP contribution in [0.4, 0.5) is 11.4 Å². The molecule has 0 aliphatic carbocycles. The van der Waals surface area contributed by atoms with Gasteiger partial charge in [0.15, 0.2) is 0 Å². The van der Waals surface area contributed by atoms with Crippen LogP contribution in [0, 0.1) is 10.1 Å². The lowest BCUT2D eigenvalue weighted by Crippen LogP contribution is -2.15. The minimum absolute atomic E-state index is 0.00459. The van der Waals surface area contributed by atoms with Gasteiger partial charge in [-0.25, -0.2) is 0 Å². The van der Waals surface area contributed by atoms with Gasteiger partial charge in [0, 0.05) is 17.8 Å². The molecule has 108 valence electrons. The molecule has 0 spiro atoms. The maximum Gasteiger partial charge on any atom is 0.305 e. The molecule has 0 aliphatic rings. The molecule has 0 radical (unpaired) electrons. The van der Waals surface area contributed by atoms with Crippen LogP contribution in [0.15, 0.2) is 54.6 Å². The van der Waals surface area contributed by atoms with Crippen molar-refractivity contribution in [1.29, 1.82) is 0 Å². The SMILES string of the molecule is O=C(O)CC(Nc1ccc([N+](=O)[O-])cc1)c1ccccc1. The lowest BCUT2D eigenvalue weighted by molar-refractivity contribution is -0.384. The van der Waals surface area contributed by atoms with Crippen molar-refractivity contribution in [2.75, 3.05) is 5.32 Å². The summed E-state index contributed by atoms with van der Waals surface area (Å²) in [7, 11) is 0. The molecule has 2 aromatic rings. The molecule has 0 heterocycles. The number of rotatable bonds is 6. The fraction of sp³-hybridized carbons (Fsp3) is 0.133. The number of hydrogen-bond donors (Lipinski definition) is 2. The van der Waals surface area contributed by atoms with Gasteiger partial charge in [0.05, 0.1) is 17.4 Å². The zero-order valence-corrected chi connectivity index (χ0v) is 11.1. The summed E-state index contributed by atoms with van der Waals surface area (Å²) in [4.78, 5) is 21.1. The molecule has 2 rings (SSSR count). The maximum absolute atomic E-state index is 11.0. The number of aliphatic carboxylic acids is 1. The van der Waals surface area contributed by atoms with Gasteiger partial charge in [0.25, 0.3) is 5.69 Å². The molecule has 0 amide bonds. The van der Waals surface area contributed by atoms with Gasteiger partial charge in [-0.15, -0.1) is 0 Å². The molecule has 0 saturated heterocycles. The van der Waals surface area contributed by atoms with Crippen molar-refractivity contribution in [2.24, 2.45) is 0 Å². The van der Waals surface area contributed by atoms with E-state index in [0.29, 0.717) is 5.69 Å². The number of carbonyl (C=O) groups is 1. The molecular formula is C15H14N2O4. The molecule has 21 heavy (non-hydrogen) atoms. The summed E-state index contributed by atoms with van der Waals surface area (Å²) in [6.45, 7) is 0. The number of nitro groups is 1. The molecule has 0 saturated carbocycles. The van der Waals surface area contributed by atoms with Crippen molar-refractivity contribution in [1.82, 2.24) is 0 Å². The Kier molecular flexibility index (Phi) is 4.50. The van der Waals surface area contributed by atoms with Gasteiger partial charge in [-0.2, -0.15) is 0 Å². The van der Waals surface area contributed by atoms with Crippen molar-refractivity contribution in [3.63, 3.8) is 0 Å². The Hall–Kier alpha value is -2.89. The molecule has 1 atom stereocenters. The quantitative estimate of drug-likeness (QED) is 0.628. The lowest BCUT2D eigenvalue weighted by atomic mass is 10.0. The Morgan fingerprint density at radius 1 is 1.14 bits per heavy atom. The summed E-state index contributed by atoms with van der Waals surface area (Å²) in [5.41, 5.74) is 1.48. The van der Waals surface area contributed by atoms with Gasteiger partial charge in [0.1, 0.15) is 0 Å². The first-order valence-electron chi connectivity index (χ1n) is 6.34. The average Bonchev–Trinajstić information content (AvgIpc) is 2.47. The predicted octanol–water partition coefficient (Wildman–Crippen LogP) is 3.22. The first-order valence-corrected chi connectivity index (χ1v) is 6.34. The van der Waals surface area contributed by atoms with Crippen LogP contribution < -0.4 is 5.32 Å². The molecule has 2 N–H and O–H groups in total. The van der Waals surface area contributed by atoms with Crippen LogP contribution in [0.25, 0.3) is 0 Å². The first-order chi connectivity index (χ1) is 10.1. The number of non-ortho nitro benzene ring substituents is 1. The number of nitro benzene ring substituents is 1. The van der Waals surface area contributed by atoms with E-state index in [1.807, 2.05) is 30.3 Å². The van der Waals surface area contributed by atoms with Crippen LogP contribution in [0.3, 0.4) is 0 Å². The summed E-state index contributed by atoms with van der Waals surface area (Å²) in [5.74, 6) is -0.918. The molecule has 6 heteroatoms. The number of nitrogens with one attached hydrogen (secondary N) is 1. The minimum Gasteiger partial charge on any atom is -0.481 e. The normalized spacial score (nSPS) is 11.6. The second-order valence-corrected chi connectivity index (χ2v) is 4.51. The van der Waals surface area contributed by atoms with E-state index in [9.17, 15) is 14.9 Å². The van der Waals surface area contributed by atoms with Crippen molar-refractivity contribution in [3.8, 4) is 0 Å². The average molecular weight is 286 g/mol. The Morgan fingerprint density at radius 2 is 1.76 bits per heavy atom. The topological polar surface area (TPSA) is 92.5 Å². The summed E-state index contributed by atoms with van der Waals surface area (Å²) in [5, 5.41) is 22.7. The highest BCUT2D eigenvalue weighted by molar-refractivity contribution is 5.69. The van der Waals surface area contributed by atoms with Crippen LogP contribution in [0.1, 0.15) is 18.0 Å². The zero-order valence-electron chi connectivity index (χ0n) is 11.1. The number of carboxylic acids is 1. The predicted molar refractivity (Wildman–Crippen MR) is 78.2 cm³/mol. The third-order valence-corrected chi connectivity index (χ3v) is 3.00. The van der Waals surface area contributed by atoms with Gasteiger partial charge in [0.2, 0.25) is 0 Å². The number of nitrogens with zero attached hydrogens (tertiary/aromatic N) is 1. The monoisotopic (exact) mass is 286 g/mol. The van der Waals surface area contributed by atoms with Gasteiger partial charge in [-0.3, -0.25) is 14.9 Å². The molecular weight excluding hydrogens is 272 g/mol. The summed E-state index contributed by atoms with van der Waals surface area (Å²) < 4.78 is 0. The third-order valence-electron chi connectivity index (χ3n) is 3.00. The standard InChI is InChI=1S/C15H14N2O4/c18-15(19)10-14(11-4-2-1-3-5-11)16-12-6-8-13(9-7-12)17(20)21/h1-9,14,16H,10H2,(H,18,19). The number of hydrogen-bond acceptors (Lipinski definition) is 4. The maximum atomic E-state index is 11.0. The van der Waals surface area contributed by atoms with Crippen molar-refractivity contribution < 1.29 is 14.8 Å². The van der Waals surface area contributed by atoms with E-state index in [4.69, 9.17) is 5.11 Å². The Morgan fingerprint density at radius 3 is 2.29 bits per heavy atom. The first kappa shape index (κ1) is 14.5. The van der Waals surface area contributed by atoms with Crippen LogP contribution in [0.5, 0.6) is 0 Å². The minimum atomic E-state index is -0.918. The largest absolute Gasteiger partial charge is 0.481 e. The van der Waals surface area contributed by atoms with Crippen molar-refractivity contribution >= 4 is 17.3 Å². The molecule has 0 aliphatic heterocycles. The molecule has 0 bridgehead atoms. The van der Waals surface area contributed by atoms with Crippen LogP contribution >= 0.6 is 0 Å². The highest BCUT2D eigenvalue weighted by Crippen LogP contribution is 2.24. The van der Waals surface area contributed by atoms with E-state index in [-0.39, 0.29) is 12.1 Å². The second kappa shape index (κ2) is 6.51. The van der Waals surface area contributed by atoms with E-state index in [1.165, 1.54) is 12.1 Å². The highest BCUT2D eigenvalue weighted by Gasteiger charge is 2.15. The third kappa shape index (κ3) is 4.04. The van der Waals surface area contributed by atoms with Gasteiger partial charge in [-0.05, 0) is 17.7 Å². The van der Waals surface area contributed by atoms with E-state index in [1.54, 1.807) is 12.1 Å². The van der Waals surface area contributed by atoms with E-state index >= 15 is 0 Å². The van der Waals surface area contributed by atoms with Crippen LogP contribution in [-0.4, -0.2) is 16.0 Å². The summed E-state index contributed by atoms with van der Waals surface area (Å²) in [6.07, 6.45) is -0.0823. The van der Waals surface area contributed by atoms with E-state index < -0.39 is 16.9 Å². The highest BCUT2D eigenvalue weighted by atomic mass is 16.6. The number of anilines is 1. The van der Waals surface area contributed by atoms with Gasteiger partial charge >= 0.3 is 5.97 Å². The molecule has 0 aromatic heterocycles. The lowest BCUT2D eigenvalue weighted by Gasteiger charge is -2.18. The summed E-state index contributed by atoms with van der Waals surface area (Å²) >= 11 is 0.